The molecule has 1 aromatic heterocycles. The molecule has 0 unspecified atom stereocenters. The molecule has 0 saturated heterocycles. The molecular weight excluding hydrogens is 334 g/mol. The van der Waals surface area contributed by atoms with E-state index in [0.29, 0.717) is 17.0 Å². The van der Waals surface area contributed by atoms with Gasteiger partial charge in [-0.25, -0.2) is 4.79 Å². The largest absolute Gasteiger partial charge is 0.459 e. The molecule has 25 heavy (non-hydrogen) atoms. The van der Waals surface area contributed by atoms with Gasteiger partial charge in [-0.05, 0) is 44.4 Å². The summed E-state index contributed by atoms with van der Waals surface area (Å²) in [6, 6.07) is 9.58. The van der Waals surface area contributed by atoms with Gasteiger partial charge in [-0.3, -0.25) is 4.79 Å². The summed E-state index contributed by atoms with van der Waals surface area (Å²) in [5.74, 6) is -0.662. The monoisotopic (exact) mass is 357 g/mol. The van der Waals surface area contributed by atoms with Crippen LogP contribution in [0.25, 0.3) is 6.08 Å². The zero-order valence-electron chi connectivity index (χ0n) is 15.0. The van der Waals surface area contributed by atoms with Gasteiger partial charge in [0.15, 0.2) is 0 Å². The second kappa shape index (κ2) is 8.62. The average molecular weight is 357 g/mol. The normalized spacial score (nSPS) is 11.1. The van der Waals surface area contributed by atoms with Crippen molar-refractivity contribution in [2.24, 2.45) is 0 Å². The Hall–Kier alpha value is -2.40. The minimum Gasteiger partial charge on any atom is -0.459 e. The Morgan fingerprint density at radius 3 is 2.52 bits per heavy atom. The maximum absolute atomic E-state index is 12.4. The molecule has 2 rings (SSSR count). The number of ether oxygens (including phenoxy) is 1. The fraction of sp³-hybridized carbons (Fsp3) is 0.300. The summed E-state index contributed by atoms with van der Waals surface area (Å²) in [5.41, 5.74) is 2.34. The van der Waals surface area contributed by atoms with Crippen LogP contribution in [0.2, 0.25) is 0 Å². The van der Waals surface area contributed by atoms with E-state index in [1.165, 1.54) is 17.4 Å². The van der Waals surface area contributed by atoms with Crippen molar-refractivity contribution in [3.8, 4) is 0 Å². The highest BCUT2D eigenvalue weighted by atomic mass is 32.1. The van der Waals surface area contributed by atoms with Gasteiger partial charge in [0.1, 0.15) is 5.00 Å². The molecule has 2 aromatic rings. The Morgan fingerprint density at radius 1 is 1.24 bits per heavy atom. The molecule has 132 valence electrons. The summed E-state index contributed by atoms with van der Waals surface area (Å²) >= 11 is 1.40. The molecule has 0 aliphatic carbocycles. The predicted molar refractivity (Wildman–Crippen MR) is 103 cm³/mol. The van der Waals surface area contributed by atoms with Crippen LogP contribution in [0.5, 0.6) is 0 Å². The van der Waals surface area contributed by atoms with E-state index in [2.05, 4.69) is 5.32 Å². The van der Waals surface area contributed by atoms with Gasteiger partial charge in [-0.2, -0.15) is 0 Å². The van der Waals surface area contributed by atoms with E-state index >= 15 is 0 Å². The van der Waals surface area contributed by atoms with Gasteiger partial charge in [0.2, 0.25) is 5.91 Å². The van der Waals surface area contributed by atoms with Crippen LogP contribution in [0.1, 0.15) is 47.1 Å². The first kappa shape index (κ1) is 18.9. The summed E-state index contributed by atoms with van der Waals surface area (Å²) in [6.07, 6.45) is 3.70. The van der Waals surface area contributed by atoms with Gasteiger partial charge >= 0.3 is 5.97 Å². The summed E-state index contributed by atoms with van der Waals surface area (Å²) in [7, 11) is 0. The van der Waals surface area contributed by atoms with Crippen molar-refractivity contribution in [2.45, 2.75) is 40.2 Å². The smallest absolute Gasteiger partial charge is 0.341 e. The molecule has 0 radical (unpaired) electrons. The molecule has 0 fully saturated rings. The lowest BCUT2D eigenvalue weighted by molar-refractivity contribution is -0.111. The SMILES string of the molecule is CCc1c(C)sc(NC(=O)/C=C\c2ccccc2)c1C(=O)OC(C)C. The molecule has 0 aliphatic heterocycles. The van der Waals surface area contributed by atoms with E-state index in [-0.39, 0.29) is 12.0 Å². The highest BCUT2D eigenvalue weighted by molar-refractivity contribution is 7.16. The van der Waals surface area contributed by atoms with Crippen molar-refractivity contribution in [1.82, 2.24) is 0 Å². The zero-order chi connectivity index (χ0) is 18.4. The predicted octanol–water partition coefficient (Wildman–Crippen LogP) is 4.84. The maximum atomic E-state index is 12.4. The molecule has 1 aromatic carbocycles. The van der Waals surface area contributed by atoms with Crippen molar-refractivity contribution < 1.29 is 14.3 Å². The lowest BCUT2D eigenvalue weighted by Crippen LogP contribution is -2.16. The van der Waals surface area contributed by atoms with E-state index in [1.807, 2.05) is 58.0 Å². The average Bonchev–Trinajstić information content (AvgIpc) is 2.88. The van der Waals surface area contributed by atoms with E-state index < -0.39 is 5.97 Å². The number of amides is 1. The Balaban J connectivity index is 2.22. The molecule has 0 aliphatic rings. The lowest BCUT2D eigenvalue weighted by atomic mass is 10.1. The number of esters is 1. The first-order chi connectivity index (χ1) is 11.9. The molecule has 5 heteroatoms. The standard InChI is InChI=1S/C20H23NO3S/c1-5-16-14(4)25-19(18(16)20(23)24-13(2)3)21-17(22)12-11-15-9-7-6-8-10-15/h6-13H,5H2,1-4H3,(H,21,22)/b12-11-. The number of benzene rings is 1. The first-order valence-corrected chi connectivity index (χ1v) is 9.11. The summed E-state index contributed by atoms with van der Waals surface area (Å²) in [5, 5.41) is 3.37. The van der Waals surface area contributed by atoms with E-state index in [1.54, 1.807) is 6.08 Å². The summed E-state index contributed by atoms with van der Waals surface area (Å²) in [4.78, 5) is 25.7. The van der Waals surface area contributed by atoms with Crippen LogP contribution in [0.15, 0.2) is 36.4 Å². The number of rotatable bonds is 6. The highest BCUT2D eigenvalue weighted by Gasteiger charge is 2.23. The quantitative estimate of drug-likeness (QED) is 0.595. The van der Waals surface area contributed by atoms with Gasteiger partial charge in [0, 0.05) is 11.0 Å². The van der Waals surface area contributed by atoms with Gasteiger partial charge in [-0.1, -0.05) is 37.3 Å². The fourth-order valence-electron chi connectivity index (χ4n) is 2.47. The Kier molecular flexibility index (Phi) is 6.53. The second-order valence-corrected chi connectivity index (χ2v) is 7.11. The van der Waals surface area contributed by atoms with Gasteiger partial charge in [-0.15, -0.1) is 11.3 Å². The van der Waals surface area contributed by atoms with Crippen molar-refractivity contribution in [1.29, 1.82) is 0 Å². The number of thiophene rings is 1. The topological polar surface area (TPSA) is 55.4 Å². The third-order valence-corrected chi connectivity index (χ3v) is 4.64. The highest BCUT2D eigenvalue weighted by Crippen LogP contribution is 2.34. The van der Waals surface area contributed by atoms with Gasteiger partial charge in [0.05, 0.1) is 11.7 Å². The Labute approximate surface area is 152 Å². The van der Waals surface area contributed by atoms with Crippen LogP contribution in [0.3, 0.4) is 0 Å². The zero-order valence-corrected chi connectivity index (χ0v) is 15.8. The number of carbonyl (C=O) groups excluding carboxylic acids is 2. The summed E-state index contributed by atoms with van der Waals surface area (Å²) in [6.45, 7) is 7.56. The van der Waals surface area contributed by atoms with Crippen LogP contribution in [0, 0.1) is 6.92 Å². The molecule has 0 saturated carbocycles. The molecule has 0 bridgehead atoms. The minimum absolute atomic E-state index is 0.209. The van der Waals surface area contributed by atoms with Crippen molar-refractivity contribution in [3.05, 3.63) is 58.0 Å². The molecular formula is C20H23NO3S. The number of anilines is 1. The minimum atomic E-state index is -0.390. The van der Waals surface area contributed by atoms with Crippen LogP contribution in [-0.4, -0.2) is 18.0 Å². The van der Waals surface area contributed by atoms with Crippen LogP contribution in [0.4, 0.5) is 5.00 Å². The van der Waals surface area contributed by atoms with Crippen molar-refractivity contribution >= 4 is 34.3 Å². The number of hydrogen-bond acceptors (Lipinski definition) is 4. The van der Waals surface area contributed by atoms with Crippen LogP contribution < -0.4 is 5.32 Å². The van der Waals surface area contributed by atoms with Crippen molar-refractivity contribution in [2.75, 3.05) is 5.32 Å². The molecule has 1 amide bonds. The number of nitrogens with one attached hydrogen (secondary N) is 1. The molecule has 0 spiro atoms. The third kappa shape index (κ3) is 5.03. The van der Waals surface area contributed by atoms with E-state index in [9.17, 15) is 9.59 Å². The second-order valence-electron chi connectivity index (χ2n) is 5.88. The van der Waals surface area contributed by atoms with Crippen molar-refractivity contribution in [3.63, 3.8) is 0 Å². The van der Waals surface area contributed by atoms with E-state index in [0.717, 1.165) is 16.0 Å². The maximum Gasteiger partial charge on any atom is 0.341 e. The molecule has 1 heterocycles. The Morgan fingerprint density at radius 2 is 1.92 bits per heavy atom. The number of hydrogen-bond donors (Lipinski definition) is 1. The van der Waals surface area contributed by atoms with E-state index in [4.69, 9.17) is 4.74 Å². The number of carbonyl (C=O) groups is 2. The van der Waals surface area contributed by atoms with Gasteiger partial charge < -0.3 is 10.1 Å². The fourth-order valence-corrected chi connectivity index (χ4v) is 3.61. The molecule has 1 N–H and O–H groups in total. The summed E-state index contributed by atoms with van der Waals surface area (Å²) < 4.78 is 5.34. The number of aryl methyl sites for hydroxylation is 1. The Bertz CT molecular complexity index is 776. The van der Waals surface area contributed by atoms with Crippen LogP contribution in [-0.2, 0) is 16.0 Å². The van der Waals surface area contributed by atoms with Crippen LogP contribution >= 0.6 is 11.3 Å². The molecule has 0 atom stereocenters. The lowest BCUT2D eigenvalue weighted by Gasteiger charge is -2.10. The van der Waals surface area contributed by atoms with Gasteiger partial charge in [0.25, 0.3) is 0 Å². The molecule has 4 nitrogen and oxygen atoms in total. The third-order valence-electron chi connectivity index (χ3n) is 3.57. The first-order valence-electron chi connectivity index (χ1n) is 8.29.